The maximum absolute atomic E-state index is 5.35. The van der Waals surface area contributed by atoms with Gasteiger partial charge < -0.3 is 8.98 Å². The normalized spacial score (nSPS) is 20.2. The molecule has 2 aromatic heterocycles. The van der Waals surface area contributed by atoms with Crippen LogP contribution in [0.15, 0.2) is 29.0 Å². The summed E-state index contributed by atoms with van der Waals surface area (Å²) in [6.45, 7) is 3.37. The van der Waals surface area contributed by atoms with Crippen LogP contribution >= 0.6 is 0 Å². The second kappa shape index (κ2) is 3.26. The van der Waals surface area contributed by atoms with E-state index in [0.29, 0.717) is 0 Å². The third-order valence-corrected chi connectivity index (χ3v) is 3.00. The average Bonchev–Trinajstić information content (AvgIpc) is 2.84. The minimum atomic E-state index is 0.760. The molecule has 78 valence electrons. The van der Waals surface area contributed by atoms with Crippen molar-refractivity contribution in [2.45, 2.75) is 26.3 Å². The SMILES string of the molecule is C[C@H]1CCc2nc(-c3ccco3)cn2C1. The minimum absolute atomic E-state index is 0.760. The Morgan fingerprint density at radius 3 is 3.27 bits per heavy atom. The molecule has 3 nitrogen and oxygen atoms in total. The number of rotatable bonds is 1. The fourth-order valence-corrected chi connectivity index (χ4v) is 2.16. The Morgan fingerprint density at radius 2 is 2.47 bits per heavy atom. The molecule has 1 aliphatic heterocycles. The van der Waals surface area contributed by atoms with Crippen molar-refractivity contribution >= 4 is 0 Å². The number of hydrogen-bond acceptors (Lipinski definition) is 2. The lowest BCUT2D eigenvalue weighted by molar-refractivity contribution is 0.394. The van der Waals surface area contributed by atoms with Crippen molar-refractivity contribution in [3.63, 3.8) is 0 Å². The van der Waals surface area contributed by atoms with Crippen molar-refractivity contribution < 1.29 is 4.42 Å². The highest BCUT2D eigenvalue weighted by Gasteiger charge is 2.18. The van der Waals surface area contributed by atoms with E-state index in [2.05, 4.69) is 22.7 Å². The molecular weight excluding hydrogens is 188 g/mol. The summed E-state index contributed by atoms with van der Waals surface area (Å²) in [7, 11) is 0. The van der Waals surface area contributed by atoms with Crippen molar-refractivity contribution in [1.29, 1.82) is 0 Å². The number of aryl methyl sites for hydroxylation is 1. The lowest BCUT2D eigenvalue weighted by atomic mass is 10.0. The Kier molecular flexibility index (Phi) is 1.91. The van der Waals surface area contributed by atoms with Crippen LogP contribution in [0.3, 0.4) is 0 Å². The maximum atomic E-state index is 5.35. The average molecular weight is 202 g/mol. The molecule has 0 aromatic carbocycles. The summed E-state index contributed by atoms with van der Waals surface area (Å²) in [5.74, 6) is 2.82. The van der Waals surface area contributed by atoms with Crippen molar-refractivity contribution in [1.82, 2.24) is 9.55 Å². The Morgan fingerprint density at radius 1 is 1.53 bits per heavy atom. The number of hydrogen-bond donors (Lipinski definition) is 0. The predicted molar refractivity (Wildman–Crippen MR) is 57.4 cm³/mol. The summed E-state index contributed by atoms with van der Waals surface area (Å²) in [5.41, 5.74) is 0.962. The first kappa shape index (κ1) is 8.77. The number of nitrogens with zero attached hydrogens (tertiary/aromatic N) is 2. The Hall–Kier alpha value is -1.51. The van der Waals surface area contributed by atoms with E-state index in [1.807, 2.05) is 12.1 Å². The zero-order valence-corrected chi connectivity index (χ0v) is 8.81. The van der Waals surface area contributed by atoms with Crippen LogP contribution in [0.5, 0.6) is 0 Å². The molecule has 1 atom stereocenters. The predicted octanol–water partition coefficient (Wildman–Crippen LogP) is 2.73. The van der Waals surface area contributed by atoms with Crippen molar-refractivity contribution in [3.05, 3.63) is 30.4 Å². The Balaban J connectivity index is 2.00. The summed E-state index contributed by atoms with van der Waals surface area (Å²) >= 11 is 0. The van der Waals surface area contributed by atoms with E-state index in [0.717, 1.165) is 30.3 Å². The first-order valence-corrected chi connectivity index (χ1v) is 5.43. The van der Waals surface area contributed by atoms with Gasteiger partial charge in [0.05, 0.1) is 6.26 Å². The van der Waals surface area contributed by atoms with Crippen LogP contribution in [-0.2, 0) is 13.0 Å². The second-order valence-corrected chi connectivity index (χ2v) is 4.32. The van der Waals surface area contributed by atoms with Gasteiger partial charge in [0.1, 0.15) is 11.5 Å². The molecule has 0 radical (unpaired) electrons. The summed E-state index contributed by atoms with van der Waals surface area (Å²) in [6.07, 6.45) is 6.12. The highest BCUT2D eigenvalue weighted by Crippen LogP contribution is 2.24. The molecule has 0 amide bonds. The van der Waals surface area contributed by atoms with Gasteiger partial charge in [0.25, 0.3) is 0 Å². The molecule has 0 bridgehead atoms. The van der Waals surface area contributed by atoms with Crippen molar-refractivity contribution in [3.8, 4) is 11.5 Å². The summed E-state index contributed by atoms with van der Waals surface area (Å²) in [5, 5.41) is 0. The van der Waals surface area contributed by atoms with Gasteiger partial charge in [0, 0.05) is 19.2 Å². The van der Waals surface area contributed by atoms with Crippen LogP contribution in [0.1, 0.15) is 19.2 Å². The van der Waals surface area contributed by atoms with E-state index in [-0.39, 0.29) is 0 Å². The fourth-order valence-electron chi connectivity index (χ4n) is 2.16. The van der Waals surface area contributed by atoms with E-state index < -0.39 is 0 Å². The molecular formula is C12H14N2O. The van der Waals surface area contributed by atoms with Gasteiger partial charge in [-0.2, -0.15) is 0 Å². The van der Waals surface area contributed by atoms with E-state index in [1.54, 1.807) is 6.26 Å². The number of furan rings is 1. The molecule has 3 rings (SSSR count). The minimum Gasteiger partial charge on any atom is -0.463 e. The van der Waals surface area contributed by atoms with Gasteiger partial charge in [0.2, 0.25) is 0 Å². The zero-order valence-electron chi connectivity index (χ0n) is 8.81. The van der Waals surface area contributed by atoms with Gasteiger partial charge in [-0.3, -0.25) is 0 Å². The summed E-state index contributed by atoms with van der Waals surface area (Å²) in [4.78, 5) is 4.60. The topological polar surface area (TPSA) is 31.0 Å². The Labute approximate surface area is 88.7 Å². The molecule has 0 saturated heterocycles. The van der Waals surface area contributed by atoms with E-state index >= 15 is 0 Å². The third kappa shape index (κ3) is 1.48. The first-order valence-electron chi connectivity index (χ1n) is 5.43. The lowest BCUT2D eigenvalue weighted by Gasteiger charge is -2.19. The van der Waals surface area contributed by atoms with E-state index in [1.165, 1.54) is 12.2 Å². The molecule has 15 heavy (non-hydrogen) atoms. The Bertz CT molecular complexity index is 456. The first-order chi connectivity index (χ1) is 7.33. The van der Waals surface area contributed by atoms with Crippen LogP contribution < -0.4 is 0 Å². The van der Waals surface area contributed by atoms with Crippen LogP contribution in [0, 0.1) is 5.92 Å². The van der Waals surface area contributed by atoms with Crippen LogP contribution in [-0.4, -0.2) is 9.55 Å². The molecule has 3 heteroatoms. The number of aromatic nitrogens is 2. The van der Waals surface area contributed by atoms with Gasteiger partial charge in [-0.1, -0.05) is 6.92 Å². The largest absolute Gasteiger partial charge is 0.463 e. The molecule has 0 spiro atoms. The molecule has 0 fully saturated rings. The third-order valence-electron chi connectivity index (χ3n) is 3.00. The molecule has 0 aliphatic carbocycles. The standard InChI is InChI=1S/C12H14N2O/c1-9-4-5-12-13-10(8-14(12)7-9)11-3-2-6-15-11/h2-3,6,8-9H,4-5,7H2,1H3/t9-/m0/s1. The van der Waals surface area contributed by atoms with Gasteiger partial charge in [-0.15, -0.1) is 0 Å². The van der Waals surface area contributed by atoms with Gasteiger partial charge in [-0.05, 0) is 24.5 Å². The molecule has 0 N–H and O–H groups in total. The summed E-state index contributed by atoms with van der Waals surface area (Å²) in [6, 6.07) is 3.86. The van der Waals surface area contributed by atoms with Crippen LogP contribution in [0.4, 0.5) is 0 Å². The summed E-state index contributed by atoms with van der Waals surface area (Å²) < 4.78 is 7.60. The molecule has 0 unspecified atom stereocenters. The van der Waals surface area contributed by atoms with Gasteiger partial charge in [0.15, 0.2) is 5.76 Å². The zero-order chi connectivity index (χ0) is 10.3. The highest BCUT2D eigenvalue weighted by atomic mass is 16.3. The van der Waals surface area contributed by atoms with Gasteiger partial charge in [-0.25, -0.2) is 4.98 Å². The van der Waals surface area contributed by atoms with Crippen molar-refractivity contribution in [2.24, 2.45) is 5.92 Å². The highest BCUT2D eigenvalue weighted by molar-refractivity contribution is 5.51. The number of imidazole rings is 1. The van der Waals surface area contributed by atoms with Crippen LogP contribution in [0.2, 0.25) is 0 Å². The van der Waals surface area contributed by atoms with E-state index in [9.17, 15) is 0 Å². The molecule has 1 aliphatic rings. The molecule has 0 saturated carbocycles. The fraction of sp³-hybridized carbons (Fsp3) is 0.417. The van der Waals surface area contributed by atoms with Gasteiger partial charge >= 0.3 is 0 Å². The maximum Gasteiger partial charge on any atom is 0.153 e. The van der Waals surface area contributed by atoms with Crippen molar-refractivity contribution in [2.75, 3.05) is 0 Å². The van der Waals surface area contributed by atoms with Crippen LogP contribution in [0.25, 0.3) is 11.5 Å². The van der Waals surface area contributed by atoms with E-state index in [4.69, 9.17) is 4.42 Å². The second-order valence-electron chi connectivity index (χ2n) is 4.32. The molecule has 3 heterocycles. The molecule has 2 aromatic rings. The quantitative estimate of drug-likeness (QED) is 0.712. The smallest absolute Gasteiger partial charge is 0.153 e. The lowest BCUT2D eigenvalue weighted by Crippen LogP contribution is -2.17. The monoisotopic (exact) mass is 202 g/mol. The number of fused-ring (bicyclic) bond motifs is 1.